The number of carbonyl (C=O) groups is 2. The smallest absolute Gasteiger partial charge is 0.320 e. The van der Waals surface area contributed by atoms with Crippen LogP contribution in [0.1, 0.15) is 26.3 Å². The van der Waals surface area contributed by atoms with Gasteiger partial charge in [-0.2, -0.15) is 0 Å². The zero-order valence-electron chi connectivity index (χ0n) is 25.9. The van der Waals surface area contributed by atoms with Gasteiger partial charge in [0.15, 0.2) is 5.03 Å². The van der Waals surface area contributed by atoms with E-state index in [1.807, 2.05) is 4.90 Å². The van der Waals surface area contributed by atoms with Crippen molar-refractivity contribution in [2.45, 2.75) is 48.8 Å². The van der Waals surface area contributed by atoms with E-state index in [0.717, 1.165) is 6.07 Å². The number of anilines is 1. The molecule has 12 heteroatoms. The number of ether oxygens (including phenoxy) is 1. The van der Waals surface area contributed by atoms with Crippen molar-refractivity contribution in [2.24, 2.45) is 0 Å². The molecule has 1 atom stereocenters. The lowest BCUT2D eigenvalue weighted by molar-refractivity contribution is -0.153. The predicted molar refractivity (Wildman–Crippen MR) is 172 cm³/mol. The summed E-state index contributed by atoms with van der Waals surface area (Å²) in [5.74, 6) is -1.54. The third-order valence-corrected chi connectivity index (χ3v) is 9.44. The van der Waals surface area contributed by atoms with Gasteiger partial charge in [0.25, 0.3) is 0 Å². The number of nitrogens with one attached hydrogen (secondary N) is 1. The summed E-state index contributed by atoms with van der Waals surface area (Å²) in [7, 11) is -4.27. The van der Waals surface area contributed by atoms with Gasteiger partial charge in [0.2, 0.25) is 15.7 Å². The number of rotatable bonds is 9. The molecule has 0 bridgehead atoms. The minimum absolute atomic E-state index is 0.116. The molecule has 4 aromatic rings. The number of piperazine rings is 1. The molecular weight excluding hydrogens is 611 g/mol. The molecule has 10 nitrogen and oxygen atoms in total. The maximum Gasteiger partial charge on any atom is 0.320 e. The highest BCUT2D eigenvalue weighted by atomic mass is 32.2. The van der Waals surface area contributed by atoms with Crippen molar-refractivity contribution in [3.8, 4) is 5.75 Å². The van der Waals surface area contributed by atoms with Gasteiger partial charge in [0, 0.05) is 37.8 Å². The number of hydrogen-bond acceptors (Lipinski definition) is 9. The zero-order chi connectivity index (χ0) is 33.1. The Bertz CT molecular complexity index is 1850. The zero-order valence-corrected chi connectivity index (χ0v) is 26.8. The number of carbonyl (C=O) groups excluding carboxylic acids is 2. The highest BCUT2D eigenvalue weighted by molar-refractivity contribution is 7.91. The summed E-state index contributed by atoms with van der Waals surface area (Å²) >= 11 is 0. The van der Waals surface area contributed by atoms with Crippen molar-refractivity contribution < 1.29 is 32.2 Å². The number of phenolic OH excluding ortho intramolecular Hbond substituents is 1. The van der Waals surface area contributed by atoms with Gasteiger partial charge in [-0.25, -0.2) is 17.8 Å². The van der Waals surface area contributed by atoms with Crippen molar-refractivity contribution >= 4 is 38.2 Å². The first kappa shape index (κ1) is 32.8. The number of phenols is 1. The number of hydrogen-bond donors (Lipinski definition) is 2. The fourth-order valence-electron chi connectivity index (χ4n) is 5.52. The van der Waals surface area contributed by atoms with Crippen LogP contribution in [0.25, 0.3) is 10.8 Å². The van der Waals surface area contributed by atoms with Gasteiger partial charge in [0.05, 0.1) is 23.2 Å². The highest BCUT2D eigenvalue weighted by Crippen LogP contribution is 2.31. The van der Waals surface area contributed by atoms with Crippen molar-refractivity contribution in [3.63, 3.8) is 0 Å². The second kappa shape index (κ2) is 13.4. The summed E-state index contributed by atoms with van der Waals surface area (Å²) in [5.41, 5.74) is -0.0342. The molecule has 1 aliphatic rings. The Morgan fingerprint density at radius 2 is 1.70 bits per heavy atom. The molecule has 46 heavy (non-hydrogen) atoms. The predicted octanol–water partition coefficient (Wildman–Crippen LogP) is 4.10. The number of esters is 1. The monoisotopic (exact) mass is 648 g/mol. The fraction of sp³-hybridized carbons (Fsp3) is 0.324. The molecule has 0 radical (unpaired) electrons. The van der Waals surface area contributed by atoms with E-state index in [0.29, 0.717) is 42.6 Å². The van der Waals surface area contributed by atoms with Gasteiger partial charge < -0.3 is 19.6 Å². The Kier molecular flexibility index (Phi) is 9.59. The van der Waals surface area contributed by atoms with Crippen LogP contribution in [0.15, 0.2) is 88.9 Å². The number of pyridine rings is 1. The molecule has 0 spiro atoms. The number of fused-ring (bicyclic) bond motifs is 1. The summed E-state index contributed by atoms with van der Waals surface area (Å²) in [6, 6.07) is 18.0. The lowest BCUT2D eigenvalue weighted by Crippen LogP contribution is -2.55. The van der Waals surface area contributed by atoms with Crippen molar-refractivity contribution in [1.29, 1.82) is 0 Å². The Morgan fingerprint density at radius 1 is 1.00 bits per heavy atom. The Morgan fingerprint density at radius 3 is 2.41 bits per heavy atom. The first-order valence-corrected chi connectivity index (χ1v) is 16.5. The van der Waals surface area contributed by atoms with Crippen LogP contribution in [0.2, 0.25) is 0 Å². The fourth-order valence-corrected chi connectivity index (χ4v) is 7.18. The largest absolute Gasteiger partial charge is 0.508 e. The van der Waals surface area contributed by atoms with E-state index < -0.39 is 27.4 Å². The van der Waals surface area contributed by atoms with E-state index in [1.165, 1.54) is 24.4 Å². The van der Waals surface area contributed by atoms with E-state index in [4.69, 9.17) is 4.74 Å². The van der Waals surface area contributed by atoms with Gasteiger partial charge in [-0.3, -0.25) is 14.9 Å². The number of aromatic nitrogens is 1. The first-order chi connectivity index (χ1) is 21.8. The third-order valence-electron chi connectivity index (χ3n) is 7.65. The Hall–Kier alpha value is -4.55. The van der Waals surface area contributed by atoms with Crippen molar-refractivity contribution in [2.75, 3.05) is 37.6 Å². The average molecular weight is 649 g/mol. The van der Waals surface area contributed by atoms with Crippen molar-refractivity contribution in [3.05, 3.63) is 90.4 Å². The molecule has 242 valence electrons. The average Bonchev–Trinajstić information content (AvgIpc) is 3.02. The molecule has 2 N–H and O–H groups in total. The molecule has 0 saturated carbocycles. The molecule has 1 saturated heterocycles. The van der Waals surface area contributed by atoms with Crippen LogP contribution < -0.4 is 10.2 Å². The van der Waals surface area contributed by atoms with Crippen LogP contribution in [0, 0.1) is 5.82 Å². The number of benzene rings is 3. The summed E-state index contributed by atoms with van der Waals surface area (Å²) < 4.78 is 48.0. The normalized spacial score (nSPS) is 14.7. The molecular formula is C34H37FN4O6S. The molecule has 1 aromatic heterocycles. The van der Waals surface area contributed by atoms with Crippen LogP contribution in [0.5, 0.6) is 5.75 Å². The second-order valence-corrected chi connectivity index (χ2v) is 14.0. The van der Waals surface area contributed by atoms with Crippen LogP contribution in [-0.2, 0) is 30.6 Å². The van der Waals surface area contributed by atoms with Crippen molar-refractivity contribution in [1.82, 2.24) is 15.2 Å². The standard InChI is InChI=1S/C34H37FN4O6S/c1-34(2,3)45-31(41)22-37-28(33(42)39-18-16-38(17-19-39)29-11-7-6-10-27(29)35)20-24-12-13-25(40)21-30(24)46(43,44)32-26-9-5-4-8-23(26)14-15-36-32/h4-15,21,28,37,40H,16-20,22H2,1-3H3. The number of para-hydroxylation sites is 1. The lowest BCUT2D eigenvalue weighted by atomic mass is 10.0. The van der Waals surface area contributed by atoms with Gasteiger partial charge in [-0.1, -0.05) is 42.5 Å². The molecule has 3 aromatic carbocycles. The van der Waals surface area contributed by atoms with Crippen LogP contribution >= 0.6 is 0 Å². The maximum atomic E-state index is 14.4. The molecule has 1 fully saturated rings. The number of aromatic hydroxyl groups is 1. The molecule has 1 unspecified atom stereocenters. The highest BCUT2D eigenvalue weighted by Gasteiger charge is 2.32. The van der Waals surface area contributed by atoms with Crippen LogP contribution in [-0.4, -0.2) is 79.7 Å². The second-order valence-electron chi connectivity index (χ2n) is 12.1. The quantitative estimate of drug-likeness (QED) is 0.258. The molecule has 1 amide bonds. The minimum atomic E-state index is -4.27. The number of amides is 1. The van der Waals surface area contributed by atoms with Gasteiger partial charge in [0.1, 0.15) is 17.2 Å². The van der Waals surface area contributed by atoms with Gasteiger partial charge in [-0.05, 0) is 68.5 Å². The topological polar surface area (TPSA) is 129 Å². The maximum absolute atomic E-state index is 14.4. The van der Waals surface area contributed by atoms with Gasteiger partial charge in [-0.15, -0.1) is 0 Å². The number of sulfone groups is 1. The summed E-state index contributed by atoms with van der Waals surface area (Å²) in [5, 5.41) is 14.3. The van der Waals surface area contributed by atoms with Crippen LogP contribution in [0.3, 0.4) is 0 Å². The van der Waals surface area contributed by atoms with E-state index in [1.54, 1.807) is 74.2 Å². The first-order valence-electron chi connectivity index (χ1n) is 15.0. The molecule has 0 aliphatic carbocycles. The Labute approximate surface area is 267 Å². The molecule has 2 heterocycles. The van der Waals surface area contributed by atoms with E-state index in [9.17, 15) is 27.5 Å². The number of halogens is 1. The van der Waals surface area contributed by atoms with E-state index in [2.05, 4.69) is 10.3 Å². The van der Waals surface area contributed by atoms with Gasteiger partial charge >= 0.3 is 5.97 Å². The molecule has 5 rings (SSSR count). The van der Waals surface area contributed by atoms with E-state index in [-0.39, 0.29) is 45.9 Å². The third kappa shape index (κ3) is 7.45. The SMILES string of the molecule is CC(C)(C)OC(=O)CNC(Cc1ccc(O)cc1S(=O)(=O)c1nccc2ccccc12)C(=O)N1CCN(c2ccccc2F)CC1. The Balaban J connectivity index is 1.44. The van der Waals surface area contributed by atoms with E-state index >= 15 is 0 Å². The molecule has 1 aliphatic heterocycles. The number of nitrogens with zero attached hydrogens (tertiary/aromatic N) is 3. The van der Waals surface area contributed by atoms with Crippen LogP contribution in [0.4, 0.5) is 10.1 Å². The minimum Gasteiger partial charge on any atom is -0.508 e. The summed E-state index contributed by atoms with van der Waals surface area (Å²) in [6.07, 6.45) is 1.29. The lowest BCUT2D eigenvalue weighted by Gasteiger charge is -2.38. The summed E-state index contributed by atoms with van der Waals surface area (Å²) in [4.78, 5) is 34.1. The summed E-state index contributed by atoms with van der Waals surface area (Å²) in [6.45, 7) is 6.26.